The number of carbonyl (C=O) groups excluding carboxylic acids is 2. The van der Waals surface area contributed by atoms with E-state index in [9.17, 15) is 22.8 Å². The molecule has 0 aromatic heterocycles. The van der Waals surface area contributed by atoms with E-state index in [2.05, 4.69) is 6.92 Å². The van der Waals surface area contributed by atoms with E-state index < -0.39 is 35.2 Å². The molecule has 7 heteroatoms. The average Bonchev–Trinajstić information content (AvgIpc) is 3.31. The van der Waals surface area contributed by atoms with Crippen LogP contribution in [0, 0.1) is 0 Å². The minimum atomic E-state index is -4.63. The van der Waals surface area contributed by atoms with Crippen LogP contribution in [-0.2, 0) is 15.7 Å². The molecule has 34 heavy (non-hydrogen) atoms. The second kappa shape index (κ2) is 15.0. The Bertz CT molecular complexity index is 751. The molecule has 1 amide bonds. The van der Waals surface area contributed by atoms with Crippen molar-refractivity contribution in [1.29, 1.82) is 0 Å². The highest BCUT2D eigenvalue weighted by atomic mass is 19.4. The van der Waals surface area contributed by atoms with Gasteiger partial charge in [0.1, 0.15) is 6.04 Å². The smallest absolute Gasteiger partial charge is 0.417 e. The Morgan fingerprint density at radius 1 is 0.912 bits per heavy atom. The van der Waals surface area contributed by atoms with Crippen molar-refractivity contribution >= 4 is 11.9 Å². The molecular formula is C27H40F3NO3. The number of halogens is 3. The summed E-state index contributed by atoms with van der Waals surface area (Å²) in [6.07, 6.45) is 10.9. The van der Waals surface area contributed by atoms with Crippen LogP contribution in [0.5, 0.6) is 0 Å². The Morgan fingerprint density at radius 3 is 2.06 bits per heavy atom. The minimum absolute atomic E-state index is 0.253. The number of unbranched alkanes of at least 4 members (excludes halogenated alkanes) is 11. The fraction of sp³-hybridized carbons (Fsp3) is 0.704. The first-order valence-electron chi connectivity index (χ1n) is 13.0. The Morgan fingerprint density at radius 2 is 1.47 bits per heavy atom. The van der Waals surface area contributed by atoms with Gasteiger partial charge in [0.2, 0.25) is 0 Å². The lowest BCUT2D eigenvalue weighted by Gasteiger charge is -2.24. The van der Waals surface area contributed by atoms with E-state index in [0.717, 1.165) is 25.3 Å². The molecule has 0 radical (unpaired) electrons. The number of amides is 1. The summed E-state index contributed by atoms with van der Waals surface area (Å²) >= 11 is 0. The standard InChI is InChI=1S/C27H40F3NO3/c1-2-3-4-5-6-7-8-9-10-11-12-15-21-34-26(33)24-19-16-20-31(24)25(32)22-17-13-14-18-23(22)27(28,29)30/h13-14,17-18,24H,2-12,15-16,19-21H2,1H3. The molecule has 192 valence electrons. The van der Waals surface area contributed by atoms with Gasteiger partial charge in [-0.1, -0.05) is 89.7 Å². The molecule has 1 aliphatic rings. The molecule has 0 saturated carbocycles. The zero-order chi connectivity index (χ0) is 24.8. The first-order chi connectivity index (χ1) is 16.4. The molecule has 1 heterocycles. The van der Waals surface area contributed by atoms with Crippen LogP contribution in [-0.4, -0.2) is 36.0 Å². The second-order valence-electron chi connectivity index (χ2n) is 9.26. The third-order valence-electron chi connectivity index (χ3n) is 6.49. The summed E-state index contributed by atoms with van der Waals surface area (Å²) in [7, 11) is 0. The van der Waals surface area contributed by atoms with Crippen molar-refractivity contribution in [2.75, 3.05) is 13.2 Å². The van der Waals surface area contributed by atoms with Crippen molar-refractivity contribution in [2.24, 2.45) is 0 Å². The van der Waals surface area contributed by atoms with Crippen molar-refractivity contribution in [3.05, 3.63) is 35.4 Å². The summed E-state index contributed by atoms with van der Waals surface area (Å²) in [4.78, 5) is 26.6. The SMILES string of the molecule is CCCCCCCCCCCCCCOC(=O)C1CCCN1C(=O)c1ccccc1C(F)(F)F. The number of benzene rings is 1. The molecule has 1 fully saturated rings. The van der Waals surface area contributed by atoms with Gasteiger partial charge >= 0.3 is 12.1 Å². The van der Waals surface area contributed by atoms with Crippen molar-refractivity contribution in [3.63, 3.8) is 0 Å². The van der Waals surface area contributed by atoms with Gasteiger partial charge in [-0.2, -0.15) is 13.2 Å². The first kappa shape index (κ1) is 28.2. The summed E-state index contributed by atoms with van der Waals surface area (Å²) in [6.45, 7) is 2.77. The Kier molecular flexibility index (Phi) is 12.5. The van der Waals surface area contributed by atoms with Crippen LogP contribution >= 0.6 is 0 Å². The highest BCUT2D eigenvalue weighted by Crippen LogP contribution is 2.33. The van der Waals surface area contributed by atoms with Gasteiger partial charge < -0.3 is 9.64 Å². The van der Waals surface area contributed by atoms with E-state index in [1.54, 1.807) is 0 Å². The predicted molar refractivity (Wildman–Crippen MR) is 128 cm³/mol. The van der Waals surface area contributed by atoms with Crippen molar-refractivity contribution in [2.45, 2.75) is 109 Å². The summed E-state index contributed by atoms with van der Waals surface area (Å²) in [5.41, 5.74) is -1.40. The number of esters is 1. The molecule has 1 saturated heterocycles. The number of nitrogens with zero attached hydrogens (tertiary/aromatic N) is 1. The van der Waals surface area contributed by atoms with E-state index >= 15 is 0 Å². The van der Waals surface area contributed by atoms with Gasteiger partial charge in [0.05, 0.1) is 17.7 Å². The maximum Gasteiger partial charge on any atom is 0.417 e. The van der Waals surface area contributed by atoms with Crippen LogP contribution in [0.15, 0.2) is 24.3 Å². The molecular weight excluding hydrogens is 443 g/mol. The van der Waals surface area contributed by atoms with Gasteiger partial charge in [-0.25, -0.2) is 4.79 Å². The number of hydrogen-bond donors (Lipinski definition) is 0. The summed E-state index contributed by atoms with van der Waals surface area (Å²) in [5, 5.41) is 0. The largest absolute Gasteiger partial charge is 0.464 e. The highest BCUT2D eigenvalue weighted by molar-refractivity contribution is 5.98. The molecule has 0 bridgehead atoms. The summed E-state index contributed by atoms with van der Waals surface area (Å²) < 4.78 is 45.3. The van der Waals surface area contributed by atoms with Crippen molar-refractivity contribution < 1.29 is 27.5 Å². The molecule has 0 spiro atoms. The van der Waals surface area contributed by atoms with Crippen LogP contribution < -0.4 is 0 Å². The maximum atomic E-state index is 13.3. The molecule has 1 aliphatic heterocycles. The lowest BCUT2D eigenvalue weighted by Crippen LogP contribution is -2.42. The fourth-order valence-corrected chi connectivity index (χ4v) is 4.54. The average molecular weight is 484 g/mol. The van der Waals surface area contributed by atoms with Crippen LogP contribution in [0.25, 0.3) is 0 Å². The van der Waals surface area contributed by atoms with E-state index in [-0.39, 0.29) is 13.2 Å². The lowest BCUT2D eigenvalue weighted by molar-refractivity contribution is -0.148. The molecule has 1 aromatic rings. The number of likely N-dealkylation sites (tertiary alicyclic amines) is 1. The zero-order valence-electron chi connectivity index (χ0n) is 20.5. The van der Waals surface area contributed by atoms with Crippen molar-refractivity contribution in [3.8, 4) is 0 Å². The molecule has 2 rings (SSSR count). The fourth-order valence-electron chi connectivity index (χ4n) is 4.54. The topological polar surface area (TPSA) is 46.6 Å². The van der Waals surface area contributed by atoms with Gasteiger partial charge in [0, 0.05) is 6.54 Å². The minimum Gasteiger partial charge on any atom is -0.464 e. The Hall–Kier alpha value is -2.05. The van der Waals surface area contributed by atoms with Gasteiger partial charge in [0.25, 0.3) is 5.91 Å². The number of ether oxygens (including phenoxy) is 1. The van der Waals surface area contributed by atoms with Crippen LogP contribution in [0.4, 0.5) is 13.2 Å². The number of hydrogen-bond acceptors (Lipinski definition) is 3. The summed E-state index contributed by atoms with van der Waals surface area (Å²) in [6, 6.07) is 3.90. The first-order valence-corrected chi connectivity index (χ1v) is 13.0. The number of alkyl halides is 3. The monoisotopic (exact) mass is 483 g/mol. The maximum absolute atomic E-state index is 13.3. The van der Waals surface area contributed by atoms with E-state index in [4.69, 9.17) is 4.74 Å². The quantitative estimate of drug-likeness (QED) is 0.191. The van der Waals surface area contributed by atoms with Gasteiger partial charge in [-0.3, -0.25) is 4.79 Å². The normalized spacial score (nSPS) is 16.1. The zero-order valence-corrected chi connectivity index (χ0v) is 20.5. The Balaban J connectivity index is 1.66. The van der Waals surface area contributed by atoms with Gasteiger partial charge in [-0.05, 0) is 31.4 Å². The molecule has 4 nitrogen and oxygen atoms in total. The third-order valence-corrected chi connectivity index (χ3v) is 6.49. The van der Waals surface area contributed by atoms with Gasteiger partial charge in [0.15, 0.2) is 0 Å². The number of carbonyl (C=O) groups is 2. The lowest BCUT2D eigenvalue weighted by atomic mass is 10.1. The van der Waals surface area contributed by atoms with Crippen molar-refractivity contribution in [1.82, 2.24) is 4.90 Å². The van der Waals surface area contributed by atoms with Crippen LogP contribution in [0.3, 0.4) is 0 Å². The number of rotatable bonds is 15. The molecule has 1 atom stereocenters. The van der Waals surface area contributed by atoms with Crippen LogP contribution in [0.1, 0.15) is 113 Å². The van der Waals surface area contributed by atoms with E-state index in [1.165, 1.54) is 80.9 Å². The molecule has 1 unspecified atom stereocenters. The van der Waals surface area contributed by atoms with E-state index in [1.807, 2.05) is 0 Å². The molecule has 0 aliphatic carbocycles. The molecule has 0 N–H and O–H groups in total. The highest BCUT2D eigenvalue weighted by Gasteiger charge is 2.40. The van der Waals surface area contributed by atoms with Crippen LogP contribution in [0.2, 0.25) is 0 Å². The third kappa shape index (κ3) is 9.30. The predicted octanol–water partition coefficient (Wildman–Crippen LogP) is 7.55. The Labute approximate surface area is 202 Å². The molecule has 1 aromatic carbocycles. The van der Waals surface area contributed by atoms with E-state index in [0.29, 0.717) is 12.8 Å². The van der Waals surface area contributed by atoms with Gasteiger partial charge in [-0.15, -0.1) is 0 Å². The second-order valence-corrected chi connectivity index (χ2v) is 9.26. The summed E-state index contributed by atoms with van der Waals surface area (Å²) in [5.74, 6) is -1.28.